The minimum atomic E-state index is -4.41. The van der Waals surface area contributed by atoms with Gasteiger partial charge >= 0.3 is 6.18 Å². The lowest BCUT2D eigenvalue weighted by Gasteiger charge is -2.26. The van der Waals surface area contributed by atoms with Crippen LogP contribution >= 0.6 is 0 Å². The molecule has 0 spiro atoms. The van der Waals surface area contributed by atoms with Gasteiger partial charge in [-0.05, 0) is 48.6 Å². The molecule has 0 bridgehead atoms. The summed E-state index contributed by atoms with van der Waals surface area (Å²) in [5.41, 5.74) is 1.94. The molecule has 0 fully saturated rings. The summed E-state index contributed by atoms with van der Waals surface area (Å²) < 4.78 is 43.4. The maximum absolute atomic E-state index is 12.7. The maximum atomic E-state index is 12.7. The summed E-state index contributed by atoms with van der Waals surface area (Å²) >= 11 is 0. The number of hydrogen-bond donors (Lipinski definition) is 2. The highest BCUT2D eigenvalue weighted by Gasteiger charge is 2.30. The Labute approximate surface area is 150 Å². The second-order valence-electron chi connectivity index (χ2n) is 6.61. The van der Waals surface area contributed by atoms with Crippen molar-refractivity contribution in [2.24, 2.45) is 0 Å². The molecule has 2 aromatic rings. The van der Waals surface area contributed by atoms with Crippen LogP contribution in [0.4, 0.5) is 13.2 Å². The van der Waals surface area contributed by atoms with E-state index in [-0.39, 0.29) is 18.4 Å². The van der Waals surface area contributed by atoms with E-state index < -0.39 is 17.8 Å². The van der Waals surface area contributed by atoms with E-state index in [1.807, 2.05) is 12.1 Å². The molecule has 2 unspecified atom stereocenters. The molecule has 1 aliphatic rings. The SMILES string of the molecule is OC(CNC1CCc2ccccc2C1)COc1cccc(C(F)(F)F)c1. The summed E-state index contributed by atoms with van der Waals surface area (Å²) in [6.45, 7) is 0.281. The Hall–Kier alpha value is -2.05. The summed E-state index contributed by atoms with van der Waals surface area (Å²) in [5.74, 6) is 0.102. The quantitative estimate of drug-likeness (QED) is 0.822. The summed E-state index contributed by atoms with van der Waals surface area (Å²) in [6, 6.07) is 13.3. The first-order chi connectivity index (χ1) is 12.4. The highest BCUT2D eigenvalue weighted by atomic mass is 19.4. The van der Waals surface area contributed by atoms with Crippen LogP contribution in [0.25, 0.3) is 0 Å². The van der Waals surface area contributed by atoms with Crippen LogP contribution in [0.2, 0.25) is 0 Å². The zero-order chi connectivity index (χ0) is 18.6. The van der Waals surface area contributed by atoms with Crippen LogP contribution in [-0.2, 0) is 19.0 Å². The van der Waals surface area contributed by atoms with Crippen molar-refractivity contribution in [3.63, 3.8) is 0 Å². The molecule has 3 rings (SSSR count). The molecule has 0 aliphatic heterocycles. The highest BCUT2D eigenvalue weighted by Crippen LogP contribution is 2.31. The molecule has 140 valence electrons. The van der Waals surface area contributed by atoms with Gasteiger partial charge in [0.1, 0.15) is 18.5 Å². The molecule has 2 aromatic carbocycles. The average Bonchev–Trinajstić information content (AvgIpc) is 2.64. The molecule has 2 atom stereocenters. The lowest BCUT2D eigenvalue weighted by Crippen LogP contribution is -2.40. The van der Waals surface area contributed by atoms with Crippen LogP contribution in [0, 0.1) is 0 Å². The largest absolute Gasteiger partial charge is 0.491 e. The van der Waals surface area contributed by atoms with Gasteiger partial charge in [-0.1, -0.05) is 30.3 Å². The zero-order valence-corrected chi connectivity index (χ0v) is 14.3. The third kappa shape index (κ3) is 4.99. The number of rotatable bonds is 6. The number of benzene rings is 2. The average molecular weight is 365 g/mol. The molecule has 0 amide bonds. The molecular weight excluding hydrogens is 343 g/mol. The van der Waals surface area contributed by atoms with Gasteiger partial charge in [0, 0.05) is 12.6 Å². The second kappa shape index (κ2) is 8.10. The van der Waals surface area contributed by atoms with Gasteiger partial charge in [-0.15, -0.1) is 0 Å². The van der Waals surface area contributed by atoms with E-state index >= 15 is 0 Å². The smallest absolute Gasteiger partial charge is 0.416 e. The summed E-state index contributed by atoms with van der Waals surface area (Å²) in [4.78, 5) is 0. The molecule has 3 nitrogen and oxygen atoms in total. The Bertz CT molecular complexity index is 733. The Balaban J connectivity index is 1.45. The van der Waals surface area contributed by atoms with E-state index in [0.717, 1.165) is 31.4 Å². The molecule has 0 radical (unpaired) electrons. The third-order valence-electron chi connectivity index (χ3n) is 4.59. The number of aryl methyl sites for hydroxylation is 1. The van der Waals surface area contributed by atoms with Gasteiger partial charge in [-0.3, -0.25) is 0 Å². The predicted octanol–water partition coefficient (Wildman–Crippen LogP) is 3.59. The van der Waals surface area contributed by atoms with Gasteiger partial charge in [0.05, 0.1) is 5.56 Å². The fourth-order valence-corrected chi connectivity index (χ4v) is 3.19. The van der Waals surface area contributed by atoms with Gasteiger partial charge in [0.2, 0.25) is 0 Å². The van der Waals surface area contributed by atoms with Crippen LogP contribution in [0.3, 0.4) is 0 Å². The van der Waals surface area contributed by atoms with Crippen LogP contribution in [0.15, 0.2) is 48.5 Å². The topological polar surface area (TPSA) is 41.5 Å². The lowest BCUT2D eigenvalue weighted by atomic mass is 9.88. The van der Waals surface area contributed by atoms with Gasteiger partial charge in [0.15, 0.2) is 0 Å². The molecule has 6 heteroatoms. The highest BCUT2D eigenvalue weighted by molar-refractivity contribution is 5.31. The lowest BCUT2D eigenvalue weighted by molar-refractivity contribution is -0.137. The van der Waals surface area contributed by atoms with E-state index in [4.69, 9.17) is 4.74 Å². The van der Waals surface area contributed by atoms with Crippen molar-refractivity contribution in [1.29, 1.82) is 0 Å². The van der Waals surface area contributed by atoms with Crippen molar-refractivity contribution in [2.75, 3.05) is 13.2 Å². The van der Waals surface area contributed by atoms with Crippen molar-refractivity contribution >= 4 is 0 Å². The molecule has 0 saturated carbocycles. The zero-order valence-electron chi connectivity index (χ0n) is 14.3. The van der Waals surface area contributed by atoms with Gasteiger partial charge < -0.3 is 15.2 Å². The van der Waals surface area contributed by atoms with Crippen molar-refractivity contribution in [3.8, 4) is 5.75 Å². The third-order valence-corrected chi connectivity index (χ3v) is 4.59. The minimum absolute atomic E-state index is 0.0579. The molecule has 0 aromatic heterocycles. The van der Waals surface area contributed by atoms with Crippen molar-refractivity contribution in [1.82, 2.24) is 5.32 Å². The number of aliphatic hydroxyl groups is 1. The van der Waals surface area contributed by atoms with Crippen LogP contribution in [0.5, 0.6) is 5.75 Å². The number of ether oxygens (including phenoxy) is 1. The molecule has 2 N–H and O–H groups in total. The maximum Gasteiger partial charge on any atom is 0.416 e. The molecular formula is C20H22F3NO2. The summed E-state index contributed by atoms with van der Waals surface area (Å²) in [6.07, 6.45) is -2.28. The monoisotopic (exact) mass is 365 g/mol. The molecule has 1 aliphatic carbocycles. The van der Waals surface area contributed by atoms with E-state index in [0.29, 0.717) is 6.54 Å². The number of aliphatic hydroxyl groups excluding tert-OH is 1. The summed E-state index contributed by atoms with van der Waals surface area (Å²) in [5, 5.41) is 13.4. The molecule has 0 saturated heterocycles. The Kier molecular flexibility index (Phi) is 5.84. The van der Waals surface area contributed by atoms with E-state index in [1.165, 1.54) is 23.3 Å². The first-order valence-corrected chi connectivity index (χ1v) is 8.70. The van der Waals surface area contributed by atoms with Crippen molar-refractivity contribution in [3.05, 3.63) is 65.2 Å². The Morgan fingerprint density at radius 1 is 1.12 bits per heavy atom. The van der Waals surface area contributed by atoms with E-state index in [1.54, 1.807) is 0 Å². The number of alkyl halides is 3. The van der Waals surface area contributed by atoms with Crippen LogP contribution in [-0.4, -0.2) is 30.4 Å². The molecule has 26 heavy (non-hydrogen) atoms. The normalized spacial score (nSPS) is 18.2. The number of nitrogens with one attached hydrogen (secondary N) is 1. The first kappa shape index (κ1) is 18.7. The van der Waals surface area contributed by atoms with Crippen LogP contribution < -0.4 is 10.1 Å². The number of halogens is 3. The van der Waals surface area contributed by atoms with Gasteiger partial charge in [-0.25, -0.2) is 0 Å². The van der Waals surface area contributed by atoms with Crippen molar-refractivity contribution < 1.29 is 23.0 Å². The summed E-state index contributed by atoms with van der Waals surface area (Å²) in [7, 11) is 0. The fourth-order valence-electron chi connectivity index (χ4n) is 3.19. The van der Waals surface area contributed by atoms with Crippen molar-refractivity contribution in [2.45, 2.75) is 37.6 Å². The van der Waals surface area contributed by atoms with Crippen LogP contribution in [0.1, 0.15) is 23.1 Å². The standard InChI is InChI=1S/C20H22F3NO2/c21-20(22,23)16-6-3-7-19(11-16)26-13-18(25)12-24-17-9-8-14-4-1-2-5-15(14)10-17/h1-7,11,17-18,24-25H,8-10,12-13H2. The first-order valence-electron chi connectivity index (χ1n) is 8.70. The fraction of sp³-hybridized carbons (Fsp3) is 0.400. The molecule has 0 heterocycles. The number of fused-ring (bicyclic) bond motifs is 1. The predicted molar refractivity (Wildman–Crippen MR) is 93.2 cm³/mol. The Morgan fingerprint density at radius 3 is 2.65 bits per heavy atom. The second-order valence-corrected chi connectivity index (χ2v) is 6.61. The van der Waals surface area contributed by atoms with Gasteiger partial charge in [-0.2, -0.15) is 13.2 Å². The Morgan fingerprint density at radius 2 is 1.88 bits per heavy atom. The minimum Gasteiger partial charge on any atom is -0.491 e. The number of hydrogen-bond acceptors (Lipinski definition) is 3. The van der Waals surface area contributed by atoms with Gasteiger partial charge in [0.25, 0.3) is 0 Å². The van der Waals surface area contributed by atoms with E-state index in [2.05, 4.69) is 17.4 Å². The van der Waals surface area contributed by atoms with E-state index in [9.17, 15) is 18.3 Å².